The maximum Gasteiger partial charge on any atom is 0.311 e. The average Bonchev–Trinajstić information content (AvgIpc) is 2.54. The summed E-state index contributed by atoms with van der Waals surface area (Å²) < 4.78 is 18.6. The molecular formula is C17H15Cl2FN2O4. The minimum absolute atomic E-state index is 0.324. The van der Waals surface area contributed by atoms with Gasteiger partial charge in [-0.3, -0.25) is 14.9 Å². The lowest BCUT2D eigenvalue weighted by atomic mass is 10.1. The molecule has 0 heterocycles. The van der Waals surface area contributed by atoms with E-state index < -0.39 is 34.5 Å². The minimum Gasteiger partial charge on any atom is -0.474 e. The number of benzene rings is 2. The topological polar surface area (TPSA) is 81.5 Å². The lowest BCUT2D eigenvalue weighted by Gasteiger charge is -2.20. The molecule has 1 N–H and O–H groups in total. The van der Waals surface area contributed by atoms with Gasteiger partial charge in [-0.25, -0.2) is 4.39 Å². The maximum absolute atomic E-state index is 13.3. The van der Waals surface area contributed by atoms with E-state index in [1.54, 1.807) is 25.1 Å². The largest absolute Gasteiger partial charge is 0.474 e. The van der Waals surface area contributed by atoms with Gasteiger partial charge in [0.05, 0.1) is 11.0 Å². The van der Waals surface area contributed by atoms with Crippen LogP contribution in [0, 0.1) is 15.9 Å². The van der Waals surface area contributed by atoms with Crippen molar-refractivity contribution in [2.45, 2.75) is 26.0 Å². The molecule has 0 aliphatic carbocycles. The second kappa shape index (κ2) is 8.33. The molecule has 2 atom stereocenters. The van der Waals surface area contributed by atoms with Crippen LogP contribution in [0.15, 0.2) is 36.4 Å². The van der Waals surface area contributed by atoms with Gasteiger partial charge in [0.1, 0.15) is 5.82 Å². The summed E-state index contributed by atoms with van der Waals surface area (Å²) in [6.07, 6.45) is -1.09. The first-order valence-electron chi connectivity index (χ1n) is 7.55. The van der Waals surface area contributed by atoms with Crippen LogP contribution in [-0.4, -0.2) is 16.9 Å². The molecule has 0 fully saturated rings. The number of nitrogens with zero attached hydrogens (tertiary/aromatic N) is 1. The third-order valence-corrected chi connectivity index (χ3v) is 4.14. The van der Waals surface area contributed by atoms with Gasteiger partial charge in [-0.2, -0.15) is 0 Å². The van der Waals surface area contributed by atoms with Gasteiger partial charge in [-0.15, -0.1) is 0 Å². The first kappa shape index (κ1) is 19.9. The van der Waals surface area contributed by atoms with Crippen LogP contribution in [0.25, 0.3) is 0 Å². The van der Waals surface area contributed by atoms with E-state index in [0.29, 0.717) is 15.6 Å². The SMILES string of the molecule is C[C@@H](Oc1cc(F)ccc1[N+](=O)[O-])C(=O)N[C@H](C)c1ccc(Cl)cc1Cl. The summed E-state index contributed by atoms with van der Waals surface area (Å²) in [5.41, 5.74) is 0.216. The predicted octanol–water partition coefficient (Wildman–Crippen LogP) is 4.69. The van der Waals surface area contributed by atoms with Crippen LogP contribution in [0.4, 0.5) is 10.1 Å². The van der Waals surface area contributed by atoms with E-state index in [2.05, 4.69) is 5.32 Å². The van der Waals surface area contributed by atoms with Crippen molar-refractivity contribution in [2.75, 3.05) is 0 Å². The number of carbonyl (C=O) groups excluding carboxylic acids is 1. The highest BCUT2D eigenvalue weighted by atomic mass is 35.5. The third kappa shape index (κ3) is 4.83. The predicted molar refractivity (Wildman–Crippen MR) is 96.2 cm³/mol. The Labute approximate surface area is 159 Å². The average molecular weight is 401 g/mol. The normalized spacial score (nSPS) is 13.0. The molecule has 138 valence electrons. The number of rotatable bonds is 6. The van der Waals surface area contributed by atoms with Gasteiger partial charge in [0, 0.05) is 22.2 Å². The summed E-state index contributed by atoms with van der Waals surface area (Å²) in [6.45, 7) is 3.12. The van der Waals surface area contributed by atoms with Gasteiger partial charge in [0.2, 0.25) is 5.75 Å². The molecule has 2 aromatic rings. The van der Waals surface area contributed by atoms with E-state index in [-0.39, 0.29) is 5.75 Å². The van der Waals surface area contributed by atoms with Crippen molar-refractivity contribution >= 4 is 34.8 Å². The molecular weight excluding hydrogens is 386 g/mol. The minimum atomic E-state index is -1.09. The summed E-state index contributed by atoms with van der Waals surface area (Å²) in [6, 6.07) is 7.20. The smallest absolute Gasteiger partial charge is 0.311 e. The molecule has 0 aliphatic rings. The molecule has 0 radical (unpaired) electrons. The van der Waals surface area contributed by atoms with E-state index in [4.69, 9.17) is 27.9 Å². The van der Waals surface area contributed by atoms with Gasteiger partial charge >= 0.3 is 5.69 Å². The molecule has 26 heavy (non-hydrogen) atoms. The van der Waals surface area contributed by atoms with E-state index in [1.165, 1.54) is 6.92 Å². The fraction of sp³-hybridized carbons (Fsp3) is 0.235. The zero-order valence-corrected chi connectivity index (χ0v) is 15.3. The number of hydrogen-bond acceptors (Lipinski definition) is 4. The number of hydrogen-bond donors (Lipinski definition) is 1. The number of amides is 1. The Hall–Kier alpha value is -2.38. The number of nitrogens with one attached hydrogen (secondary N) is 1. The Kier molecular flexibility index (Phi) is 6.39. The van der Waals surface area contributed by atoms with Gasteiger partial charge in [-0.05, 0) is 37.6 Å². The standard InChI is InChI=1S/C17H15Cl2FN2O4/c1-9(13-5-3-11(18)7-14(13)19)21-17(23)10(2)26-16-8-12(20)4-6-15(16)22(24)25/h3-10H,1-2H3,(H,21,23)/t9-,10-/m1/s1. The Bertz CT molecular complexity index is 848. The highest BCUT2D eigenvalue weighted by Gasteiger charge is 2.23. The summed E-state index contributed by atoms with van der Waals surface area (Å²) in [7, 11) is 0. The number of nitro benzene ring substituents is 1. The van der Waals surface area contributed by atoms with Crippen LogP contribution >= 0.6 is 23.2 Å². The van der Waals surface area contributed by atoms with Crippen molar-refractivity contribution in [3.63, 3.8) is 0 Å². The Morgan fingerprint density at radius 3 is 2.54 bits per heavy atom. The van der Waals surface area contributed by atoms with E-state index in [1.807, 2.05) is 0 Å². The molecule has 0 saturated carbocycles. The Balaban J connectivity index is 2.10. The molecule has 0 unspecified atom stereocenters. The highest BCUT2D eigenvalue weighted by Crippen LogP contribution is 2.29. The molecule has 1 amide bonds. The summed E-state index contributed by atoms with van der Waals surface area (Å²) >= 11 is 12.0. The molecule has 0 saturated heterocycles. The van der Waals surface area contributed by atoms with Crippen LogP contribution < -0.4 is 10.1 Å². The van der Waals surface area contributed by atoms with Crippen LogP contribution in [0.2, 0.25) is 10.0 Å². The number of halogens is 3. The van der Waals surface area contributed by atoms with Crippen LogP contribution in [0.5, 0.6) is 5.75 Å². The summed E-state index contributed by atoms with van der Waals surface area (Å²) in [5, 5.41) is 14.5. The molecule has 0 aliphatic heterocycles. The van der Waals surface area contributed by atoms with Crippen molar-refractivity contribution in [1.29, 1.82) is 0 Å². The van der Waals surface area contributed by atoms with E-state index in [9.17, 15) is 19.3 Å². The van der Waals surface area contributed by atoms with Gasteiger partial charge in [0.15, 0.2) is 6.10 Å². The zero-order valence-electron chi connectivity index (χ0n) is 13.8. The zero-order chi connectivity index (χ0) is 19.4. The van der Waals surface area contributed by atoms with Crippen molar-refractivity contribution < 1.29 is 18.8 Å². The Morgan fingerprint density at radius 1 is 1.23 bits per heavy atom. The molecule has 2 rings (SSSR count). The summed E-state index contributed by atoms with van der Waals surface area (Å²) in [5.74, 6) is -1.57. The fourth-order valence-electron chi connectivity index (χ4n) is 2.24. The maximum atomic E-state index is 13.3. The van der Waals surface area contributed by atoms with E-state index in [0.717, 1.165) is 18.2 Å². The first-order valence-corrected chi connectivity index (χ1v) is 8.30. The fourth-order valence-corrected chi connectivity index (χ4v) is 2.81. The second-order valence-corrected chi connectivity index (χ2v) is 6.37. The van der Waals surface area contributed by atoms with Crippen molar-refractivity contribution in [1.82, 2.24) is 5.32 Å². The molecule has 0 bridgehead atoms. The lowest BCUT2D eigenvalue weighted by Crippen LogP contribution is -2.38. The van der Waals surface area contributed by atoms with Crippen molar-refractivity contribution in [3.05, 3.63) is 67.9 Å². The molecule has 6 nitrogen and oxygen atoms in total. The Morgan fingerprint density at radius 2 is 1.92 bits per heavy atom. The lowest BCUT2D eigenvalue weighted by molar-refractivity contribution is -0.386. The van der Waals surface area contributed by atoms with Gasteiger partial charge in [0.25, 0.3) is 5.91 Å². The van der Waals surface area contributed by atoms with E-state index >= 15 is 0 Å². The van der Waals surface area contributed by atoms with Gasteiger partial charge < -0.3 is 10.1 Å². The molecule has 0 aromatic heterocycles. The van der Waals surface area contributed by atoms with Crippen molar-refractivity contribution in [3.8, 4) is 5.75 Å². The van der Waals surface area contributed by atoms with Gasteiger partial charge in [-0.1, -0.05) is 29.3 Å². The number of carbonyl (C=O) groups is 1. The van der Waals surface area contributed by atoms with Crippen molar-refractivity contribution in [2.24, 2.45) is 0 Å². The summed E-state index contributed by atoms with van der Waals surface area (Å²) in [4.78, 5) is 22.6. The second-order valence-electron chi connectivity index (χ2n) is 5.53. The monoisotopic (exact) mass is 400 g/mol. The van der Waals surface area contributed by atoms with Crippen LogP contribution in [0.3, 0.4) is 0 Å². The molecule has 9 heteroatoms. The third-order valence-electron chi connectivity index (χ3n) is 3.58. The first-order chi connectivity index (χ1) is 12.2. The van der Waals surface area contributed by atoms with Crippen LogP contribution in [-0.2, 0) is 4.79 Å². The molecule has 0 spiro atoms. The number of nitro groups is 1. The highest BCUT2D eigenvalue weighted by molar-refractivity contribution is 6.35. The van der Waals surface area contributed by atoms with Crippen LogP contribution in [0.1, 0.15) is 25.5 Å². The molecule has 2 aromatic carbocycles. The quantitative estimate of drug-likeness (QED) is 0.563. The number of ether oxygens (including phenoxy) is 1.